The van der Waals surface area contributed by atoms with Gasteiger partial charge in [0.15, 0.2) is 5.43 Å². The van der Waals surface area contributed by atoms with Crippen LogP contribution in [0.5, 0.6) is 23.0 Å². The van der Waals surface area contributed by atoms with E-state index < -0.39 is 17.3 Å². The molecule has 7 heteroatoms. The minimum atomic E-state index is -0.551. The van der Waals surface area contributed by atoms with Gasteiger partial charge >= 0.3 is 5.97 Å². The van der Waals surface area contributed by atoms with Crippen molar-refractivity contribution in [2.24, 2.45) is 0 Å². The van der Waals surface area contributed by atoms with Gasteiger partial charge in [0.1, 0.15) is 39.7 Å². The van der Waals surface area contributed by atoms with Gasteiger partial charge in [-0.15, -0.1) is 0 Å². The van der Waals surface area contributed by atoms with Gasteiger partial charge in [-0.05, 0) is 42.0 Å². The molecule has 2 heterocycles. The number of esters is 1. The van der Waals surface area contributed by atoms with Gasteiger partial charge in [0.2, 0.25) is 0 Å². The highest BCUT2D eigenvalue weighted by molar-refractivity contribution is 5.93. The first-order chi connectivity index (χ1) is 14.9. The summed E-state index contributed by atoms with van der Waals surface area (Å²) in [5, 5.41) is 29.9. The number of phenolic OH excluding ortho intramolecular Hbond substituents is 3. The quantitative estimate of drug-likeness (QED) is 0.334. The highest BCUT2D eigenvalue weighted by Crippen LogP contribution is 2.46. The third kappa shape index (κ3) is 3.16. The largest absolute Gasteiger partial charge is 0.508 e. The Hall–Kier alpha value is -4.26. The first-order valence-electron chi connectivity index (χ1n) is 9.53. The maximum atomic E-state index is 12.9. The van der Waals surface area contributed by atoms with E-state index in [1.165, 1.54) is 36.4 Å². The van der Waals surface area contributed by atoms with E-state index in [0.29, 0.717) is 16.7 Å². The zero-order valence-corrected chi connectivity index (χ0v) is 16.0. The molecule has 1 atom stereocenters. The van der Waals surface area contributed by atoms with Crippen molar-refractivity contribution in [3.63, 3.8) is 0 Å². The molecule has 4 aromatic rings. The molecule has 0 spiro atoms. The SMILES string of the molecule is O=C1CC(c2cccc(O)c2)c2c(cc(O)c3c(=O)cc(-c4ccc(O)cc4)oc23)O1. The Morgan fingerprint density at radius 1 is 0.871 bits per heavy atom. The molecule has 1 aromatic heterocycles. The van der Waals surface area contributed by atoms with Crippen LogP contribution >= 0.6 is 0 Å². The molecule has 31 heavy (non-hydrogen) atoms. The predicted octanol–water partition coefficient (Wildman–Crippen LogP) is 4.02. The van der Waals surface area contributed by atoms with Crippen LogP contribution in [0.3, 0.4) is 0 Å². The van der Waals surface area contributed by atoms with Crippen molar-refractivity contribution in [2.75, 3.05) is 0 Å². The monoisotopic (exact) mass is 416 g/mol. The molecular formula is C24H16O7. The molecule has 5 rings (SSSR count). The van der Waals surface area contributed by atoms with Gasteiger partial charge in [-0.2, -0.15) is 0 Å². The lowest BCUT2D eigenvalue weighted by Gasteiger charge is -2.26. The Morgan fingerprint density at radius 2 is 1.65 bits per heavy atom. The number of rotatable bonds is 2. The molecule has 0 aliphatic carbocycles. The van der Waals surface area contributed by atoms with Crippen molar-refractivity contribution >= 4 is 16.9 Å². The standard InChI is InChI=1S/C24H16O7/c25-14-6-4-12(5-7-14)19-10-17(27)23-18(28)11-20-22(24(23)31-19)16(9-21(29)30-20)13-2-1-3-15(26)8-13/h1-8,10-11,16,25-26,28H,9H2. The summed E-state index contributed by atoms with van der Waals surface area (Å²) in [7, 11) is 0. The molecule has 0 bridgehead atoms. The molecule has 1 unspecified atom stereocenters. The molecule has 0 radical (unpaired) electrons. The molecule has 1 aliphatic heterocycles. The molecule has 0 amide bonds. The number of aromatic hydroxyl groups is 3. The van der Waals surface area contributed by atoms with Crippen LogP contribution in [-0.4, -0.2) is 21.3 Å². The van der Waals surface area contributed by atoms with Gasteiger partial charge in [0, 0.05) is 29.2 Å². The van der Waals surface area contributed by atoms with Gasteiger partial charge in [0.25, 0.3) is 0 Å². The fourth-order valence-corrected chi connectivity index (χ4v) is 3.95. The fraction of sp³-hybridized carbons (Fsp3) is 0.0833. The molecule has 7 nitrogen and oxygen atoms in total. The lowest BCUT2D eigenvalue weighted by Crippen LogP contribution is -2.22. The zero-order chi connectivity index (χ0) is 21.7. The van der Waals surface area contributed by atoms with Gasteiger partial charge < -0.3 is 24.5 Å². The third-order valence-corrected chi connectivity index (χ3v) is 5.35. The number of hydrogen-bond acceptors (Lipinski definition) is 7. The second-order valence-corrected chi connectivity index (χ2v) is 7.36. The second-order valence-electron chi connectivity index (χ2n) is 7.36. The van der Waals surface area contributed by atoms with Crippen LogP contribution in [0.2, 0.25) is 0 Å². The molecule has 154 valence electrons. The van der Waals surface area contributed by atoms with Gasteiger partial charge in [-0.1, -0.05) is 12.1 Å². The van der Waals surface area contributed by atoms with Crippen LogP contribution in [0.25, 0.3) is 22.3 Å². The Morgan fingerprint density at radius 3 is 2.39 bits per heavy atom. The summed E-state index contributed by atoms with van der Waals surface area (Å²) in [5.41, 5.74) is 1.27. The maximum Gasteiger partial charge on any atom is 0.312 e. The van der Waals surface area contributed by atoms with Crippen LogP contribution in [0, 0.1) is 0 Å². The van der Waals surface area contributed by atoms with E-state index in [2.05, 4.69) is 0 Å². The van der Waals surface area contributed by atoms with Crippen molar-refractivity contribution in [3.8, 4) is 34.3 Å². The van der Waals surface area contributed by atoms with E-state index in [0.717, 1.165) is 0 Å². The van der Waals surface area contributed by atoms with Crippen molar-refractivity contribution in [2.45, 2.75) is 12.3 Å². The summed E-state index contributed by atoms with van der Waals surface area (Å²) < 4.78 is 11.4. The molecule has 3 N–H and O–H groups in total. The number of ether oxygens (including phenoxy) is 1. The highest BCUT2D eigenvalue weighted by Gasteiger charge is 2.33. The molecule has 0 saturated carbocycles. The van der Waals surface area contributed by atoms with Crippen LogP contribution < -0.4 is 10.2 Å². The van der Waals surface area contributed by atoms with Crippen LogP contribution in [0.1, 0.15) is 23.5 Å². The second kappa shape index (κ2) is 6.91. The fourth-order valence-electron chi connectivity index (χ4n) is 3.95. The average Bonchev–Trinajstić information content (AvgIpc) is 2.73. The van der Waals surface area contributed by atoms with E-state index in [1.54, 1.807) is 24.3 Å². The normalized spacial score (nSPS) is 15.5. The van der Waals surface area contributed by atoms with E-state index in [1.807, 2.05) is 0 Å². The summed E-state index contributed by atoms with van der Waals surface area (Å²) in [4.78, 5) is 25.1. The summed E-state index contributed by atoms with van der Waals surface area (Å²) >= 11 is 0. The van der Waals surface area contributed by atoms with Crippen molar-refractivity contribution in [1.29, 1.82) is 0 Å². The molecule has 3 aromatic carbocycles. The minimum Gasteiger partial charge on any atom is -0.508 e. The predicted molar refractivity (Wildman–Crippen MR) is 111 cm³/mol. The summed E-state index contributed by atoms with van der Waals surface area (Å²) in [5.74, 6) is -0.979. The Kier molecular flexibility index (Phi) is 4.18. The lowest BCUT2D eigenvalue weighted by molar-refractivity contribution is -0.135. The molecule has 0 fully saturated rings. The third-order valence-electron chi connectivity index (χ3n) is 5.35. The Balaban J connectivity index is 1.82. The first kappa shape index (κ1) is 18.7. The van der Waals surface area contributed by atoms with Crippen LogP contribution in [-0.2, 0) is 4.79 Å². The van der Waals surface area contributed by atoms with Gasteiger partial charge in [0.05, 0.1) is 6.42 Å². The maximum absolute atomic E-state index is 12.9. The first-order valence-corrected chi connectivity index (χ1v) is 9.53. The van der Waals surface area contributed by atoms with E-state index in [9.17, 15) is 24.9 Å². The van der Waals surface area contributed by atoms with Crippen molar-refractivity contribution in [1.82, 2.24) is 0 Å². The van der Waals surface area contributed by atoms with E-state index in [-0.39, 0.29) is 46.1 Å². The number of phenols is 3. The molecule has 1 aliphatic rings. The van der Waals surface area contributed by atoms with Gasteiger partial charge in [-0.3, -0.25) is 9.59 Å². The minimum absolute atomic E-state index is 0.0237. The number of hydrogen-bond donors (Lipinski definition) is 3. The van der Waals surface area contributed by atoms with E-state index >= 15 is 0 Å². The number of carbonyl (C=O) groups is 1. The molecule has 0 saturated heterocycles. The topological polar surface area (TPSA) is 117 Å². The average molecular weight is 416 g/mol. The highest BCUT2D eigenvalue weighted by atomic mass is 16.5. The van der Waals surface area contributed by atoms with E-state index in [4.69, 9.17) is 9.15 Å². The van der Waals surface area contributed by atoms with Crippen LogP contribution in [0.4, 0.5) is 0 Å². The number of carbonyl (C=O) groups excluding carboxylic acids is 1. The zero-order valence-electron chi connectivity index (χ0n) is 16.0. The molecular weight excluding hydrogens is 400 g/mol. The lowest BCUT2D eigenvalue weighted by atomic mass is 9.85. The number of benzene rings is 3. The summed E-state index contributed by atoms with van der Waals surface area (Å²) in [6, 6.07) is 15.1. The smallest absolute Gasteiger partial charge is 0.312 e. The Bertz CT molecular complexity index is 1400. The van der Waals surface area contributed by atoms with Crippen LogP contribution in [0.15, 0.2) is 69.9 Å². The Labute approximate surface area is 175 Å². The van der Waals surface area contributed by atoms with Crippen molar-refractivity contribution < 1.29 is 29.3 Å². The van der Waals surface area contributed by atoms with Gasteiger partial charge in [-0.25, -0.2) is 0 Å². The van der Waals surface area contributed by atoms with Crippen molar-refractivity contribution in [3.05, 3.63) is 82.0 Å². The number of fused-ring (bicyclic) bond motifs is 3. The summed E-state index contributed by atoms with van der Waals surface area (Å²) in [6.07, 6.45) is -0.0243. The summed E-state index contributed by atoms with van der Waals surface area (Å²) in [6.45, 7) is 0.